The molecule has 0 radical (unpaired) electrons. The number of para-hydroxylation sites is 2. The van der Waals surface area contributed by atoms with Crippen molar-refractivity contribution in [3.8, 4) is 11.8 Å². The topological polar surface area (TPSA) is 106 Å². The molecule has 0 atom stereocenters. The molecular formula is C17H20N4O4. The summed E-state index contributed by atoms with van der Waals surface area (Å²) in [7, 11) is 0. The van der Waals surface area contributed by atoms with E-state index in [1.165, 1.54) is 12.3 Å². The molecule has 8 heteroatoms. The van der Waals surface area contributed by atoms with Crippen molar-refractivity contribution in [2.45, 2.75) is 6.92 Å². The van der Waals surface area contributed by atoms with Crippen LogP contribution in [0, 0.1) is 11.3 Å². The van der Waals surface area contributed by atoms with E-state index in [0.29, 0.717) is 32.8 Å². The third kappa shape index (κ3) is 4.88. The number of nitrogens with zero attached hydrogens (tertiary/aromatic N) is 3. The third-order valence-corrected chi connectivity index (χ3v) is 3.67. The Kier molecular flexibility index (Phi) is 6.23. The molecule has 1 heterocycles. The molecule has 1 aromatic rings. The van der Waals surface area contributed by atoms with E-state index in [2.05, 4.69) is 5.32 Å². The normalized spacial score (nSPS) is 14.6. The van der Waals surface area contributed by atoms with Crippen LogP contribution < -0.4 is 5.32 Å². The summed E-state index contributed by atoms with van der Waals surface area (Å²) in [5, 5.41) is 21.4. The maximum absolute atomic E-state index is 12.2. The van der Waals surface area contributed by atoms with Gasteiger partial charge in [-0.15, -0.1) is 0 Å². The Balaban J connectivity index is 1.97. The van der Waals surface area contributed by atoms with Crippen molar-refractivity contribution in [3.63, 3.8) is 0 Å². The van der Waals surface area contributed by atoms with Gasteiger partial charge in [0.2, 0.25) is 0 Å². The lowest BCUT2D eigenvalue weighted by atomic mass is 10.2. The summed E-state index contributed by atoms with van der Waals surface area (Å²) in [5.41, 5.74) is 0.161. The summed E-state index contributed by atoms with van der Waals surface area (Å²) in [4.78, 5) is 27.2. The van der Waals surface area contributed by atoms with E-state index in [-0.39, 0.29) is 23.1 Å². The molecule has 0 aromatic heterocycles. The number of nitriles is 1. The van der Waals surface area contributed by atoms with Gasteiger partial charge in [-0.2, -0.15) is 5.26 Å². The molecule has 0 unspecified atom stereocenters. The molecule has 8 nitrogen and oxygen atoms in total. The van der Waals surface area contributed by atoms with Crippen LogP contribution in [0.5, 0.6) is 5.75 Å². The monoisotopic (exact) mass is 344 g/mol. The van der Waals surface area contributed by atoms with Gasteiger partial charge in [-0.25, -0.2) is 4.79 Å². The van der Waals surface area contributed by atoms with Crippen molar-refractivity contribution in [2.24, 2.45) is 0 Å². The second kappa shape index (κ2) is 8.59. The maximum atomic E-state index is 12.2. The Morgan fingerprint density at radius 3 is 2.60 bits per heavy atom. The summed E-state index contributed by atoms with van der Waals surface area (Å²) < 4.78 is 4.95. The zero-order valence-corrected chi connectivity index (χ0v) is 13.9. The van der Waals surface area contributed by atoms with Crippen LogP contribution in [0.2, 0.25) is 0 Å². The minimum atomic E-state index is -0.600. The summed E-state index contributed by atoms with van der Waals surface area (Å²) in [6.07, 6.45) is 1.11. The molecule has 2 N–H and O–H groups in total. The average Bonchev–Trinajstić information content (AvgIpc) is 2.62. The van der Waals surface area contributed by atoms with Crippen LogP contribution in [0.1, 0.15) is 6.92 Å². The minimum Gasteiger partial charge on any atom is -0.506 e. The zero-order chi connectivity index (χ0) is 18.2. The second-order valence-corrected chi connectivity index (χ2v) is 5.35. The second-order valence-electron chi connectivity index (χ2n) is 5.35. The minimum absolute atomic E-state index is 0.0730. The van der Waals surface area contributed by atoms with Gasteiger partial charge < -0.3 is 25.0 Å². The van der Waals surface area contributed by atoms with Crippen LogP contribution in [-0.4, -0.2) is 59.7 Å². The molecule has 25 heavy (non-hydrogen) atoms. The molecular weight excluding hydrogens is 324 g/mol. The molecule has 1 aliphatic rings. The molecule has 0 saturated carbocycles. The Labute approximate surface area is 145 Å². The SMILES string of the molecule is CCOC(=O)N1CCN(/C=C(/C#N)C(=O)Nc2ccccc2O)CC1. The third-order valence-electron chi connectivity index (χ3n) is 3.67. The first-order chi connectivity index (χ1) is 12.0. The van der Waals surface area contributed by atoms with Crippen molar-refractivity contribution < 1.29 is 19.4 Å². The van der Waals surface area contributed by atoms with E-state index in [1.54, 1.807) is 34.9 Å². The van der Waals surface area contributed by atoms with E-state index in [4.69, 9.17) is 4.74 Å². The number of nitrogens with one attached hydrogen (secondary N) is 1. The van der Waals surface area contributed by atoms with Gasteiger partial charge in [0.1, 0.15) is 17.4 Å². The number of benzene rings is 1. The maximum Gasteiger partial charge on any atom is 0.409 e. The number of rotatable bonds is 4. The van der Waals surface area contributed by atoms with Gasteiger partial charge in [0, 0.05) is 32.4 Å². The number of ether oxygens (including phenoxy) is 1. The molecule has 0 bridgehead atoms. The summed E-state index contributed by atoms with van der Waals surface area (Å²) >= 11 is 0. The highest BCUT2D eigenvalue weighted by molar-refractivity contribution is 6.07. The lowest BCUT2D eigenvalue weighted by molar-refractivity contribution is -0.112. The van der Waals surface area contributed by atoms with E-state index in [9.17, 15) is 20.0 Å². The highest BCUT2D eigenvalue weighted by Crippen LogP contribution is 2.22. The molecule has 2 amide bonds. The highest BCUT2D eigenvalue weighted by Gasteiger charge is 2.21. The molecule has 0 spiro atoms. The number of piperazine rings is 1. The van der Waals surface area contributed by atoms with Gasteiger partial charge in [-0.1, -0.05) is 12.1 Å². The summed E-state index contributed by atoms with van der Waals surface area (Å²) in [5.74, 6) is -0.673. The first kappa shape index (κ1) is 18.1. The average molecular weight is 344 g/mol. The number of carbonyl (C=O) groups excluding carboxylic acids is 2. The fourth-order valence-electron chi connectivity index (χ4n) is 2.34. The number of anilines is 1. The van der Waals surface area contributed by atoms with Crippen LogP contribution in [0.25, 0.3) is 0 Å². The lowest BCUT2D eigenvalue weighted by Gasteiger charge is -2.33. The number of amides is 2. The van der Waals surface area contributed by atoms with Crippen molar-refractivity contribution >= 4 is 17.7 Å². The molecule has 1 fully saturated rings. The number of phenols is 1. The lowest BCUT2D eigenvalue weighted by Crippen LogP contribution is -2.47. The number of hydrogen-bond donors (Lipinski definition) is 2. The first-order valence-corrected chi connectivity index (χ1v) is 7.92. The molecule has 0 aliphatic carbocycles. The van der Waals surface area contributed by atoms with Crippen LogP contribution in [0.4, 0.5) is 10.5 Å². The van der Waals surface area contributed by atoms with Gasteiger partial charge in [-0.3, -0.25) is 4.79 Å². The highest BCUT2D eigenvalue weighted by atomic mass is 16.6. The van der Waals surface area contributed by atoms with Gasteiger partial charge in [0.25, 0.3) is 5.91 Å². The number of carbonyl (C=O) groups is 2. The zero-order valence-electron chi connectivity index (χ0n) is 13.9. The van der Waals surface area contributed by atoms with E-state index >= 15 is 0 Å². The number of aromatic hydroxyl groups is 1. The Morgan fingerprint density at radius 2 is 2.00 bits per heavy atom. The van der Waals surface area contributed by atoms with E-state index < -0.39 is 5.91 Å². The van der Waals surface area contributed by atoms with Gasteiger partial charge in [-0.05, 0) is 19.1 Å². The van der Waals surface area contributed by atoms with Gasteiger partial charge in [0.15, 0.2) is 0 Å². The van der Waals surface area contributed by atoms with Crippen LogP contribution in [-0.2, 0) is 9.53 Å². The smallest absolute Gasteiger partial charge is 0.409 e. The molecule has 132 valence electrons. The summed E-state index contributed by atoms with van der Waals surface area (Å²) in [6, 6.07) is 8.15. The predicted octanol–water partition coefficient (Wildman–Crippen LogP) is 1.51. The molecule has 1 saturated heterocycles. The van der Waals surface area contributed by atoms with E-state index in [0.717, 1.165) is 0 Å². The quantitative estimate of drug-likeness (QED) is 0.487. The van der Waals surface area contributed by atoms with Crippen molar-refractivity contribution in [2.75, 3.05) is 38.1 Å². The Bertz CT molecular complexity index is 703. The fourth-order valence-corrected chi connectivity index (χ4v) is 2.34. The van der Waals surface area contributed by atoms with Crippen molar-refractivity contribution in [1.29, 1.82) is 5.26 Å². The van der Waals surface area contributed by atoms with Crippen molar-refractivity contribution in [1.82, 2.24) is 9.80 Å². The largest absolute Gasteiger partial charge is 0.506 e. The van der Waals surface area contributed by atoms with Crippen LogP contribution in [0.3, 0.4) is 0 Å². The molecule has 2 rings (SSSR count). The predicted molar refractivity (Wildman–Crippen MR) is 90.6 cm³/mol. The van der Waals surface area contributed by atoms with Crippen LogP contribution >= 0.6 is 0 Å². The van der Waals surface area contributed by atoms with Gasteiger partial charge in [0.05, 0.1) is 12.3 Å². The molecule has 1 aromatic carbocycles. The summed E-state index contributed by atoms with van der Waals surface area (Å²) in [6.45, 7) is 3.97. The fraction of sp³-hybridized carbons (Fsp3) is 0.353. The van der Waals surface area contributed by atoms with Crippen LogP contribution in [0.15, 0.2) is 36.0 Å². The standard InChI is InChI=1S/C17H20N4O4/c1-2-25-17(24)21-9-7-20(8-10-21)12-13(11-18)16(23)19-14-5-3-4-6-15(14)22/h3-6,12,22H,2,7-10H2,1H3,(H,19,23)/b13-12-. The molecule has 1 aliphatic heterocycles. The van der Waals surface area contributed by atoms with E-state index in [1.807, 2.05) is 6.07 Å². The first-order valence-electron chi connectivity index (χ1n) is 7.92. The number of phenolic OH excluding ortho intramolecular Hbond substituents is 1. The Hall–Kier alpha value is -3.21. The van der Waals surface area contributed by atoms with Crippen molar-refractivity contribution in [3.05, 3.63) is 36.0 Å². The number of hydrogen-bond acceptors (Lipinski definition) is 6. The Morgan fingerprint density at radius 1 is 1.32 bits per heavy atom. The van der Waals surface area contributed by atoms with Gasteiger partial charge >= 0.3 is 6.09 Å².